The molecule has 0 saturated heterocycles. The van der Waals surface area contributed by atoms with Gasteiger partial charge >= 0.3 is 0 Å². The normalized spacial score (nSPS) is 11.6. The molecule has 0 atom stereocenters. The van der Waals surface area contributed by atoms with Gasteiger partial charge in [0.25, 0.3) is 0 Å². The van der Waals surface area contributed by atoms with Gasteiger partial charge < -0.3 is 5.32 Å². The lowest BCUT2D eigenvalue weighted by molar-refractivity contribution is 0.590. The lowest BCUT2D eigenvalue weighted by atomic mass is 9.87. The summed E-state index contributed by atoms with van der Waals surface area (Å²) >= 11 is 0. The molecular formula is C16H23N3. The molecule has 0 aliphatic heterocycles. The summed E-state index contributed by atoms with van der Waals surface area (Å²) in [6, 6.07) is 8.68. The van der Waals surface area contributed by atoms with Crippen LogP contribution in [0, 0.1) is 6.92 Å². The third-order valence-electron chi connectivity index (χ3n) is 3.35. The van der Waals surface area contributed by atoms with Crippen molar-refractivity contribution in [1.29, 1.82) is 0 Å². The highest BCUT2D eigenvalue weighted by Gasteiger charge is 2.12. The maximum Gasteiger partial charge on any atom is 0.0643 e. The van der Waals surface area contributed by atoms with Gasteiger partial charge in [-0.1, -0.05) is 32.9 Å². The summed E-state index contributed by atoms with van der Waals surface area (Å²) in [5.41, 5.74) is 5.04. The van der Waals surface area contributed by atoms with Gasteiger partial charge in [0, 0.05) is 31.0 Å². The Balaban J connectivity index is 2.02. The van der Waals surface area contributed by atoms with E-state index in [1.54, 1.807) is 0 Å². The lowest BCUT2D eigenvalue weighted by Gasteiger charge is -2.19. The molecule has 2 aromatic rings. The minimum Gasteiger partial charge on any atom is -0.381 e. The third-order valence-corrected chi connectivity index (χ3v) is 3.35. The number of rotatable bonds is 3. The number of aryl methyl sites for hydroxylation is 2. The van der Waals surface area contributed by atoms with Crippen LogP contribution >= 0.6 is 0 Å². The fourth-order valence-electron chi connectivity index (χ4n) is 2.11. The van der Waals surface area contributed by atoms with Crippen LogP contribution in [0.3, 0.4) is 0 Å². The number of benzene rings is 1. The second-order valence-corrected chi connectivity index (χ2v) is 6.09. The summed E-state index contributed by atoms with van der Waals surface area (Å²) in [6.07, 6.45) is 2.06. The first-order valence-electron chi connectivity index (χ1n) is 6.70. The van der Waals surface area contributed by atoms with E-state index >= 15 is 0 Å². The average molecular weight is 257 g/mol. The fraction of sp³-hybridized carbons (Fsp3) is 0.438. The van der Waals surface area contributed by atoms with Crippen LogP contribution in [0.5, 0.6) is 0 Å². The predicted molar refractivity (Wildman–Crippen MR) is 80.4 cm³/mol. The molecule has 0 saturated carbocycles. The zero-order chi connectivity index (χ0) is 14.0. The van der Waals surface area contributed by atoms with Gasteiger partial charge in [0.1, 0.15) is 0 Å². The molecule has 0 bridgehead atoms. The van der Waals surface area contributed by atoms with Gasteiger partial charge in [0.05, 0.1) is 5.69 Å². The highest BCUT2D eigenvalue weighted by atomic mass is 15.2. The standard InChI is InChI=1S/C16H23N3/c1-12-13(11-19(5)18-12)10-17-15-8-6-14(7-9-15)16(2,3)4/h6-9,11,17H,10H2,1-5H3. The lowest BCUT2D eigenvalue weighted by Crippen LogP contribution is -2.10. The molecular weight excluding hydrogens is 234 g/mol. The highest BCUT2D eigenvalue weighted by Crippen LogP contribution is 2.23. The summed E-state index contributed by atoms with van der Waals surface area (Å²) in [4.78, 5) is 0. The molecule has 0 aliphatic rings. The molecule has 102 valence electrons. The van der Waals surface area contributed by atoms with E-state index in [0.29, 0.717) is 0 Å². The number of hydrogen-bond donors (Lipinski definition) is 1. The van der Waals surface area contributed by atoms with E-state index in [0.717, 1.165) is 17.9 Å². The Hall–Kier alpha value is -1.77. The van der Waals surface area contributed by atoms with Crippen molar-refractivity contribution in [2.75, 3.05) is 5.32 Å². The first kappa shape index (κ1) is 13.7. The topological polar surface area (TPSA) is 29.9 Å². The number of anilines is 1. The number of aromatic nitrogens is 2. The van der Waals surface area contributed by atoms with Crippen LogP contribution in [0.4, 0.5) is 5.69 Å². The molecule has 2 rings (SSSR count). The van der Waals surface area contributed by atoms with Crippen molar-refractivity contribution in [3.8, 4) is 0 Å². The van der Waals surface area contributed by atoms with Crippen LogP contribution in [0.1, 0.15) is 37.6 Å². The van der Waals surface area contributed by atoms with Crippen LogP contribution < -0.4 is 5.32 Å². The van der Waals surface area contributed by atoms with E-state index in [-0.39, 0.29) is 5.41 Å². The first-order chi connectivity index (χ1) is 8.86. The minimum absolute atomic E-state index is 0.207. The van der Waals surface area contributed by atoms with E-state index in [1.807, 2.05) is 18.7 Å². The Kier molecular flexibility index (Phi) is 3.65. The molecule has 0 spiro atoms. The Labute approximate surface area is 115 Å². The quantitative estimate of drug-likeness (QED) is 0.909. The Morgan fingerprint density at radius 1 is 1.16 bits per heavy atom. The van der Waals surface area contributed by atoms with Crippen LogP contribution in [-0.2, 0) is 19.0 Å². The van der Waals surface area contributed by atoms with Gasteiger partial charge in [-0.25, -0.2) is 0 Å². The summed E-state index contributed by atoms with van der Waals surface area (Å²) in [6.45, 7) is 9.55. The second kappa shape index (κ2) is 5.08. The van der Waals surface area contributed by atoms with Crippen LogP contribution in [0.25, 0.3) is 0 Å². The molecule has 0 fully saturated rings. The summed E-state index contributed by atoms with van der Waals surface area (Å²) in [7, 11) is 1.95. The SMILES string of the molecule is Cc1nn(C)cc1CNc1ccc(C(C)(C)C)cc1. The number of hydrogen-bond acceptors (Lipinski definition) is 2. The molecule has 1 N–H and O–H groups in total. The van der Waals surface area contributed by atoms with Gasteiger partial charge in [0.2, 0.25) is 0 Å². The van der Waals surface area contributed by atoms with Crippen LogP contribution in [-0.4, -0.2) is 9.78 Å². The summed E-state index contributed by atoms with van der Waals surface area (Å²) in [5.74, 6) is 0. The smallest absolute Gasteiger partial charge is 0.0643 e. The van der Waals surface area contributed by atoms with E-state index in [9.17, 15) is 0 Å². The Morgan fingerprint density at radius 3 is 2.26 bits per heavy atom. The zero-order valence-corrected chi connectivity index (χ0v) is 12.5. The van der Waals surface area contributed by atoms with Crippen molar-refractivity contribution in [1.82, 2.24) is 9.78 Å². The monoisotopic (exact) mass is 257 g/mol. The predicted octanol–water partition coefficient (Wildman–Crippen LogP) is 3.64. The van der Waals surface area contributed by atoms with Gasteiger partial charge in [-0.05, 0) is 30.0 Å². The van der Waals surface area contributed by atoms with Crippen molar-refractivity contribution in [3.63, 3.8) is 0 Å². The molecule has 0 unspecified atom stereocenters. The molecule has 1 aromatic heterocycles. The summed E-state index contributed by atoms with van der Waals surface area (Å²) in [5, 5.41) is 7.79. The van der Waals surface area contributed by atoms with E-state index in [2.05, 4.69) is 61.6 Å². The van der Waals surface area contributed by atoms with Gasteiger partial charge in [-0.3, -0.25) is 4.68 Å². The summed E-state index contributed by atoms with van der Waals surface area (Å²) < 4.78 is 1.86. The van der Waals surface area contributed by atoms with Crippen LogP contribution in [0.2, 0.25) is 0 Å². The van der Waals surface area contributed by atoms with Crippen molar-refractivity contribution in [2.24, 2.45) is 7.05 Å². The maximum atomic E-state index is 4.35. The molecule has 3 nitrogen and oxygen atoms in total. The average Bonchev–Trinajstić information content (AvgIpc) is 2.65. The fourth-order valence-corrected chi connectivity index (χ4v) is 2.11. The number of nitrogens with one attached hydrogen (secondary N) is 1. The van der Waals surface area contributed by atoms with E-state index in [4.69, 9.17) is 0 Å². The van der Waals surface area contributed by atoms with Crippen molar-refractivity contribution in [3.05, 3.63) is 47.3 Å². The second-order valence-electron chi connectivity index (χ2n) is 6.09. The Bertz CT molecular complexity index is 544. The highest BCUT2D eigenvalue weighted by molar-refractivity contribution is 5.46. The molecule has 1 heterocycles. The van der Waals surface area contributed by atoms with E-state index in [1.165, 1.54) is 11.1 Å². The van der Waals surface area contributed by atoms with Crippen molar-refractivity contribution < 1.29 is 0 Å². The first-order valence-corrected chi connectivity index (χ1v) is 6.70. The zero-order valence-electron chi connectivity index (χ0n) is 12.5. The van der Waals surface area contributed by atoms with Crippen LogP contribution in [0.15, 0.2) is 30.5 Å². The molecule has 1 aromatic carbocycles. The van der Waals surface area contributed by atoms with E-state index < -0.39 is 0 Å². The molecule has 0 aliphatic carbocycles. The Morgan fingerprint density at radius 2 is 1.79 bits per heavy atom. The number of nitrogens with zero attached hydrogens (tertiary/aromatic N) is 2. The van der Waals surface area contributed by atoms with Gasteiger partial charge in [0.15, 0.2) is 0 Å². The molecule has 3 heteroatoms. The largest absolute Gasteiger partial charge is 0.381 e. The van der Waals surface area contributed by atoms with Gasteiger partial charge in [-0.2, -0.15) is 5.10 Å². The van der Waals surface area contributed by atoms with Gasteiger partial charge in [-0.15, -0.1) is 0 Å². The minimum atomic E-state index is 0.207. The van der Waals surface area contributed by atoms with Crippen molar-refractivity contribution in [2.45, 2.75) is 39.7 Å². The molecule has 0 radical (unpaired) electrons. The van der Waals surface area contributed by atoms with Crippen molar-refractivity contribution >= 4 is 5.69 Å². The molecule has 19 heavy (non-hydrogen) atoms. The third kappa shape index (κ3) is 3.37. The maximum absolute atomic E-state index is 4.35. The molecule has 0 amide bonds.